The number of hydrogen-bond donors (Lipinski definition) is 1. The van der Waals surface area contributed by atoms with Crippen LogP contribution in [-0.2, 0) is 6.54 Å². The zero-order chi connectivity index (χ0) is 11.4. The number of rotatable bonds is 5. The van der Waals surface area contributed by atoms with Crippen molar-refractivity contribution < 1.29 is 9.90 Å². The number of aryl methyl sites for hydroxylation is 1. The van der Waals surface area contributed by atoms with Crippen molar-refractivity contribution >= 4 is 21.9 Å². The largest absolute Gasteiger partial charge is 0.478 e. The van der Waals surface area contributed by atoms with Crippen LogP contribution in [0.3, 0.4) is 0 Å². The predicted molar refractivity (Wildman–Crippen MR) is 62.3 cm³/mol. The van der Waals surface area contributed by atoms with Crippen molar-refractivity contribution in [2.45, 2.75) is 13.0 Å². The van der Waals surface area contributed by atoms with Crippen LogP contribution in [0.15, 0.2) is 16.9 Å². The van der Waals surface area contributed by atoms with Gasteiger partial charge in [0.15, 0.2) is 0 Å². The van der Waals surface area contributed by atoms with Gasteiger partial charge >= 0.3 is 5.97 Å². The summed E-state index contributed by atoms with van der Waals surface area (Å²) in [6.07, 6.45) is 2.65. The second-order valence-electron chi connectivity index (χ2n) is 3.71. The van der Waals surface area contributed by atoms with E-state index in [0.717, 1.165) is 24.1 Å². The lowest BCUT2D eigenvalue weighted by Crippen LogP contribution is -2.14. The van der Waals surface area contributed by atoms with Crippen molar-refractivity contribution in [3.63, 3.8) is 0 Å². The Kier molecular flexibility index (Phi) is 4.35. The van der Waals surface area contributed by atoms with E-state index in [4.69, 9.17) is 5.11 Å². The number of aromatic carboxylic acids is 1. The lowest BCUT2D eigenvalue weighted by Gasteiger charge is -2.10. The molecular weight excluding hydrogens is 260 g/mol. The molecule has 0 fully saturated rings. The van der Waals surface area contributed by atoms with Crippen LogP contribution < -0.4 is 0 Å². The van der Waals surface area contributed by atoms with Gasteiger partial charge in [-0.05, 0) is 49.1 Å². The number of aromatic nitrogens is 1. The summed E-state index contributed by atoms with van der Waals surface area (Å²) in [5, 5.41) is 8.79. The summed E-state index contributed by atoms with van der Waals surface area (Å²) in [4.78, 5) is 12.8. The summed E-state index contributed by atoms with van der Waals surface area (Å²) in [6, 6.07) is 1.62. The van der Waals surface area contributed by atoms with E-state index in [-0.39, 0.29) is 0 Å². The number of carboxylic acids is 1. The molecule has 0 aliphatic carbocycles. The number of carbonyl (C=O) groups is 1. The van der Waals surface area contributed by atoms with E-state index in [1.54, 1.807) is 12.3 Å². The van der Waals surface area contributed by atoms with E-state index < -0.39 is 5.97 Å². The zero-order valence-electron chi connectivity index (χ0n) is 8.90. The molecule has 0 amide bonds. The third kappa shape index (κ3) is 3.68. The molecule has 0 unspecified atom stereocenters. The van der Waals surface area contributed by atoms with Crippen molar-refractivity contribution in [3.05, 3.63) is 22.4 Å². The highest BCUT2D eigenvalue weighted by molar-refractivity contribution is 9.10. The first-order valence-corrected chi connectivity index (χ1v) is 5.53. The smallest absolute Gasteiger partial charge is 0.337 e. The Balaban J connectivity index is 2.57. The lowest BCUT2D eigenvalue weighted by molar-refractivity contribution is 0.0697. The maximum atomic E-state index is 10.7. The number of carboxylic acid groups (broad SMARTS) is 1. The molecule has 0 aliphatic rings. The molecule has 0 aliphatic heterocycles. The van der Waals surface area contributed by atoms with Gasteiger partial charge in [0.2, 0.25) is 0 Å². The molecule has 0 aromatic carbocycles. The molecule has 0 saturated heterocycles. The maximum Gasteiger partial charge on any atom is 0.337 e. The van der Waals surface area contributed by atoms with Gasteiger partial charge in [0.1, 0.15) is 0 Å². The van der Waals surface area contributed by atoms with Gasteiger partial charge in [0, 0.05) is 12.7 Å². The first-order chi connectivity index (χ1) is 7.00. The third-order valence-corrected chi connectivity index (χ3v) is 2.78. The Morgan fingerprint density at radius 2 is 2.27 bits per heavy atom. The molecule has 0 bridgehead atoms. The highest BCUT2D eigenvalue weighted by Gasteiger charge is 2.08. The van der Waals surface area contributed by atoms with Crippen LogP contribution in [0.1, 0.15) is 16.8 Å². The Bertz CT molecular complexity index is 347. The number of nitrogens with zero attached hydrogens (tertiary/aromatic N) is 2. The minimum atomic E-state index is -0.887. The number of hydrogen-bond acceptors (Lipinski definition) is 2. The first-order valence-electron chi connectivity index (χ1n) is 4.74. The molecule has 4 nitrogen and oxygen atoms in total. The molecule has 0 spiro atoms. The minimum Gasteiger partial charge on any atom is -0.478 e. The molecule has 1 aromatic rings. The molecule has 5 heteroatoms. The normalized spacial score (nSPS) is 10.9. The highest BCUT2D eigenvalue weighted by atomic mass is 79.9. The Morgan fingerprint density at radius 1 is 1.60 bits per heavy atom. The van der Waals surface area contributed by atoms with E-state index in [2.05, 4.69) is 20.8 Å². The lowest BCUT2D eigenvalue weighted by atomic mass is 10.3. The van der Waals surface area contributed by atoms with Crippen molar-refractivity contribution in [3.8, 4) is 0 Å². The van der Waals surface area contributed by atoms with Gasteiger partial charge < -0.3 is 14.6 Å². The van der Waals surface area contributed by atoms with Crippen LogP contribution in [0.4, 0.5) is 0 Å². The highest BCUT2D eigenvalue weighted by Crippen LogP contribution is 2.15. The standard InChI is InChI=1S/C10H15BrN2O2/c1-12(2)4-3-5-13-7-8(10(14)15)6-9(13)11/h6-7H,3-5H2,1-2H3,(H,14,15). The van der Waals surface area contributed by atoms with E-state index in [9.17, 15) is 4.79 Å². The van der Waals surface area contributed by atoms with Crippen molar-refractivity contribution in [2.24, 2.45) is 0 Å². The minimum absolute atomic E-state index is 0.326. The molecule has 1 rings (SSSR count). The topological polar surface area (TPSA) is 45.5 Å². The fourth-order valence-corrected chi connectivity index (χ4v) is 1.85. The summed E-state index contributed by atoms with van der Waals surface area (Å²) in [5.74, 6) is -0.887. The van der Waals surface area contributed by atoms with Crippen LogP contribution in [-0.4, -0.2) is 41.2 Å². The van der Waals surface area contributed by atoms with Crippen LogP contribution in [0.25, 0.3) is 0 Å². The molecule has 15 heavy (non-hydrogen) atoms. The summed E-state index contributed by atoms with van der Waals surface area (Å²) in [7, 11) is 4.04. The van der Waals surface area contributed by atoms with Gasteiger partial charge in [-0.25, -0.2) is 4.79 Å². The van der Waals surface area contributed by atoms with Crippen molar-refractivity contribution in [1.29, 1.82) is 0 Å². The van der Waals surface area contributed by atoms with Gasteiger partial charge in [0.05, 0.1) is 10.2 Å². The van der Waals surface area contributed by atoms with Crippen LogP contribution in [0.2, 0.25) is 0 Å². The fraction of sp³-hybridized carbons (Fsp3) is 0.500. The first kappa shape index (κ1) is 12.3. The van der Waals surface area contributed by atoms with E-state index >= 15 is 0 Å². The molecule has 1 heterocycles. The van der Waals surface area contributed by atoms with E-state index in [1.165, 1.54) is 0 Å². The average molecular weight is 275 g/mol. The Labute approximate surface area is 97.6 Å². The van der Waals surface area contributed by atoms with Gasteiger partial charge in [-0.1, -0.05) is 0 Å². The predicted octanol–water partition coefficient (Wildman–Crippen LogP) is 1.90. The summed E-state index contributed by atoms with van der Waals surface area (Å²) >= 11 is 3.34. The van der Waals surface area contributed by atoms with Gasteiger partial charge in [-0.2, -0.15) is 0 Å². The summed E-state index contributed by atoms with van der Waals surface area (Å²) < 4.78 is 2.73. The molecule has 1 aromatic heterocycles. The molecule has 0 atom stereocenters. The van der Waals surface area contributed by atoms with Crippen LogP contribution in [0, 0.1) is 0 Å². The summed E-state index contributed by atoms with van der Waals surface area (Å²) in [6.45, 7) is 1.82. The summed E-state index contributed by atoms with van der Waals surface area (Å²) in [5.41, 5.74) is 0.326. The third-order valence-electron chi connectivity index (χ3n) is 2.10. The maximum absolute atomic E-state index is 10.7. The average Bonchev–Trinajstić information content (AvgIpc) is 2.47. The van der Waals surface area contributed by atoms with Crippen molar-refractivity contribution in [1.82, 2.24) is 9.47 Å². The quantitative estimate of drug-likeness (QED) is 0.892. The zero-order valence-corrected chi connectivity index (χ0v) is 10.5. The monoisotopic (exact) mass is 274 g/mol. The second-order valence-corrected chi connectivity index (χ2v) is 4.52. The second kappa shape index (κ2) is 5.32. The van der Waals surface area contributed by atoms with Gasteiger partial charge in [-0.3, -0.25) is 0 Å². The van der Waals surface area contributed by atoms with Gasteiger partial charge in [-0.15, -0.1) is 0 Å². The molecule has 0 saturated carbocycles. The van der Waals surface area contributed by atoms with Gasteiger partial charge in [0.25, 0.3) is 0 Å². The van der Waals surface area contributed by atoms with E-state index in [0.29, 0.717) is 5.56 Å². The molecule has 84 valence electrons. The van der Waals surface area contributed by atoms with Crippen LogP contribution in [0.5, 0.6) is 0 Å². The van der Waals surface area contributed by atoms with Crippen LogP contribution >= 0.6 is 15.9 Å². The fourth-order valence-electron chi connectivity index (χ4n) is 1.32. The molecular formula is C10H15BrN2O2. The Morgan fingerprint density at radius 3 is 2.73 bits per heavy atom. The SMILES string of the molecule is CN(C)CCCn1cc(C(=O)O)cc1Br. The molecule has 1 N–H and O–H groups in total. The van der Waals surface area contributed by atoms with Crippen molar-refractivity contribution in [2.75, 3.05) is 20.6 Å². The number of halogens is 1. The molecule has 0 radical (unpaired) electrons. The Hall–Kier alpha value is -0.810. The van der Waals surface area contributed by atoms with E-state index in [1.807, 2.05) is 18.7 Å².